The number of aromatic nitrogens is 8. The predicted octanol–water partition coefficient (Wildman–Crippen LogP) is 4.48. The Morgan fingerprint density at radius 2 is 1.83 bits per heavy atom. The molecule has 1 aromatic carbocycles. The van der Waals surface area contributed by atoms with Crippen molar-refractivity contribution in [3.8, 4) is 28.3 Å². The number of unbranched alkanes of at least 4 members (excludes halogenated alkanes) is 1. The van der Waals surface area contributed by atoms with Gasteiger partial charge in [-0.1, -0.05) is 44.9 Å². The van der Waals surface area contributed by atoms with Gasteiger partial charge in [-0.15, -0.1) is 10.2 Å². The topological polar surface area (TPSA) is 99.2 Å². The van der Waals surface area contributed by atoms with Crippen molar-refractivity contribution in [1.82, 2.24) is 39.3 Å². The summed E-state index contributed by atoms with van der Waals surface area (Å²) in [6.45, 7) is 5.61. The summed E-state index contributed by atoms with van der Waals surface area (Å²) in [5.41, 5.74) is 4.72. The van der Waals surface area contributed by atoms with Crippen molar-refractivity contribution in [2.75, 3.05) is 0 Å². The van der Waals surface area contributed by atoms with Crippen LogP contribution in [0.1, 0.15) is 44.5 Å². The van der Waals surface area contributed by atoms with Crippen molar-refractivity contribution in [1.29, 1.82) is 0 Å². The Hall–Kier alpha value is -4.27. The van der Waals surface area contributed by atoms with E-state index in [9.17, 15) is 4.79 Å². The molecule has 4 heterocycles. The summed E-state index contributed by atoms with van der Waals surface area (Å²) in [6, 6.07) is 16.0. The van der Waals surface area contributed by atoms with E-state index < -0.39 is 0 Å². The highest BCUT2D eigenvalue weighted by molar-refractivity contribution is 5.70. The van der Waals surface area contributed by atoms with Crippen molar-refractivity contribution in [3.05, 3.63) is 89.0 Å². The van der Waals surface area contributed by atoms with Crippen LogP contribution in [0, 0.1) is 0 Å². The molecular weight excluding hydrogens is 452 g/mol. The van der Waals surface area contributed by atoms with Crippen LogP contribution in [-0.4, -0.2) is 39.3 Å². The molecule has 0 aliphatic rings. The zero-order chi connectivity index (χ0) is 24.9. The number of imidazole rings is 1. The first-order valence-corrected chi connectivity index (χ1v) is 12.4. The lowest BCUT2D eigenvalue weighted by atomic mass is 10.0. The lowest BCUT2D eigenvalue weighted by Gasteiger charge is -2.09. The number of benzene rings is 1. The third-order valence-corrected chi connectivity index (χ3v) is 6.31. The minimum atomic E-state index is -0.0406. The Bertz CT molecular complexity index is 1490. The number of aromatic amines is 1. The van der Waals surface area contributed by atoms with Gasteiger partial charge in [0, 0.05) is 36.4 Å². The summed E-state index contributed by atoms with van der Waals surface area (Å²) in [4.78, 5) is 18.2. The molecule has 0 saturated carbocycles. The minimum Gasteiger partial charge on any atom is -0.334 e. The first kappa shape index (κ1) is 23.5. The molecule has 5 rings (SSSR count). The molecule has 0 amide bonds. The smallest absolute Gasteiger partial charge is 0.334 e. The van der Waals surface area contributed by atoms with Crippen LogP contribution in [0.3, 0.4) is 0 Å². The number of hydrogen-bond donors (Lipinski definition) is 1. The molecule has 184 valence electrons. The van der Waals surface area contributed by atoms with Crippen molar-refractivity contribution >= 4 is 0 Å². The van der Waals surface area contributed by atoms with Crippen LogP contribution in [0.15, 0.2) is 71.9 Å². The van der Waals surface area contributed by atoms with Gasteiger partial charge in [0.15, 0.2) is 0 Å². The minimum absolute atomic E-state index is 0.0406. The molecule has 0 atom stereocenters. The number of aryl methyl sites for hydroxylation is 2. The maximum Gasteiger partial charge on any atom is 0.334 e. The average molecular weight is 483 g/mol. The Labute approximate surface area is 209 Å². The zero-order valence-corrected chi connectivity index (χ0v) is 20.6. The van der Waals surface area contributed by atoms with E-state index in [2.05, 4.69) is 44.0 Å². The number of nitrogens with one attached hydrogen (secondary N) is 1. The molecule has 9 nitrogen and oxygen atoms in total. The van der Waals surface area contributed by atoms with Crippen LogP contribution in [0.25, 0.3) is 28.3 Å². The number of rotatable bonds is 10. The molecule has 0 bridgehead atoms. The molecule has 36 heavy (non-hydrogen) atoms. The fourth-order valence-corrected chi connectivity index (χ4v) is 4.49. The van der Waals surface area contributed by atoms with Gasteiger partial charge in [-0.05, 0) is 59.5 Å². The highest BCUT2D eigenvalue weighted by Gasteiger charge is 2.16. The second-order valence-corrected chi connectivity index (χ2v) is 8.87. The van der Waals surface area contributed by atoms with E-state index in [-0.39, 0.29) is 5.69 Å². The van der Waals surface area contributed by atoms with Crippen LogP contribution in [-0.2, 0) is 19.5 Å². The maximum atomic E-state index is 13.6. The van der Waals surface area contributed by atoms with Crippen molar-refractivity contribution in [3.63, 3.8) is 0 Å². The van der Waals surface area contributed by atoms with Gasteiger partial charge in [0.25, 0.3) is 0 Å². The molecule has 0 unspecified atom stereocenters. The van der Waals surface area contributed by atoms with Crippen molar-refractivity contribution in [2.24, 2.45) is 0 Å². The van der Waals surface area contributed by atoms with E-state index in [0.717, 1.165) is 66.1 Å². The monoisotopic (exact) mass is 482 g/mol. The quantitative estimate of drug-likeness (QED) is 0.316. The van der Waals surface area contributed by atoms with E-state index in [1.165, 1.54) is 0 Å². The second-order valence-electron chi connectivity index (χ2n) is 8.87. The Kier molecular flexibility index (Phi) is 6.88. The van der Waals surface area contributed by atoms with E-state index in [1.54, 1.807) is 10.8 Å². The summed E-state index contributed by atoms with van der Waals surface area (Å²) in [7, 11) is 0. The van der Waals surface area contributed by atoms with Gasteiger partial charge in [-0.3, -0.25) is 14.1 Å². The van der Waals surface area contributed by atoms with Crippen molar-refractivity contribution < 1.29 is 0 Å². The first-order chi connectivity index (χ1) is 17.7. The van der Waals surface area contributed by atoms with Gasteiger partial charge in [0.2, 0.25) is 5.82 Å². The molecule has 0 saturated heterocycles. The fourth-order valence-electron chi connectivity index (χ4n) is 4.49. The predicted molar refractivity (Wildman–Crippen MR) is 139 cm³/mol. The van der Waals surface area contributed by atoms with E-state index in [0.29, 0.717) is 12.4 Å². The standard InChI is InChI=1S/C27H30N8O/c1-3-5-14-33-15-7-11-25(33)35-19-24(8-4-2)34(27(35)36)18-23-17-21(12-13-28-23)20-9-6-10-22(16-20)26-29-31-32-30-26/h6-7,9-13,15-17,19H,3-5,8,14,18H2,1-2H3,(H,29,30,31,32). The van der Waals surface area contributed by atoms with Gasteiger partial charge >= 0.3 is 5.69 Å². The number of nitrogens with zero attached hydrogens (tertiary/aromatic N) is 7. The lowest BCUT2D eigenvalue weighted by molar-refractivity contribution is 0.613. The number of H-pyrrole nitrogens is 1. The highest BCUT2D eigenvalue weighted by Crippen LogP contribution is 2.24. The Balaban J connectivity index is 1.47. The lowest BCUT2D eigenvalue weighted by Crippen LogP contribution is -2.26. The highest BCUT2D eigenvalue weighted by atomic mass is 16.1. The van der Waals surface area contributed by atoms with Crippen molar-refractivity contribution in [2.45, 2.75) is 52.6 Å². The van der Waals surface area contributed by atoms with E-state index in [1.807, 2.05) is 65.5 Å². The summed E-state index contributed by atoms with van der Waals surface area (Å²) < 4.78 is 5.78. The normalized spacial score (nSPS) is 11.3. The molecule has 9 heteroatoms. The fraction of sp³-hybridized carbons (Fsp3) is 0.296. The Morgan fingerprint density at radius 1 is 0.972 bits per heavy atom. The second kappa shape index (κ2) is 10.6. The van der Waals surface area contributed by atoms with Gasteiger partial charge in [-0.25, -0.2) is 4.79 Å². The summed E-state index contributed by atoms with van der Waals surface area (Å²) in [6.07, 6.45) is 9.78. The number of tetrazole rings is 1. The summed E-state index contributed by atoms with van der Waals surface area (Å²) in [5.74, 6) is 1.46. The van der Waals surface area contributed by atoms with Crippen LogP contribution < -0.4 is 5.69 Å². The van der Waals surface area contributed by atoms with Gasteiger partial charge in [0.1, 0.15) is 5.82 Å². The molecule has 4 aromatic heterocycles. The van der Waals surface area contributed by atoms with E-state index in [4.69, 9.17) is 0 Å². The number of pyridine rings is 1. The largest absolute Gasteiger partial charge is 0.334 e. The molecule has 0 fully saturated rings. The van der Waals surface area contributed by atoms with Gasteiger partial charge < -0.3 is 4.57 Å². The zero-order valence-electron chi connectivity index (χ0n) is 20.6. The molecule has 5 aromatic rings. The molecular formula is C27H30N8O. The molecule has 0 aliphatic carbocycles. The molecule has 0 radical (unpaired) electrons. The maximum absolute atomic E-state index is 13.6. The van der Waals surface area contributed by atoms with Crippen LogP contribution in [0.2, 0.25) is 0 Å². The van der Waals surface area contributed by atoms with Gasteiger partial charge in [0.05, 0.1) is 12.2 Å². The van der Waals surface area contributed by atoms with Crippen LogP contribution in [0.5, 0.6) is 0 Å². The van der Waals surface area contributed by atoms with E-state index >= 15 is 0 Å². The van der Waals surface area contributed by atoms with Gasteiger partial charge in [-0.2, -0.15) is 5.21 Å². The Morgan fingerprint density at radius 3 is 2.64 bits per heavy atom. The summed E-state index contributed by atoms with van der Waals surface area (Å²) >= 11 is 0. The average Bonchev–Trinajstić information content (AvgIpc) is 3.66. The summed E-state index contributed by atoms with van der Waals surface area (Å²) in [5, 5.41) is 14.3. The number of hydrogen-bond acceptors (Lipinski definition) is 5. The molecule has 0 spiro atoms. The first-order valence-electron chi connectivity index (χ1n) is 12.4. The van der Waals surface area contributed by atoms with Crippen LogP contribution >= 0.6 is 0 Å². The van der Waals surface area contributed by atoms with Crippen LogP contribution in [0.4, 0.5) is 0 Å². The third kappa shape index (κ3) is 4.77. The molecule has 0 aliphatic heterocycles. The SMILES string of the molecule is CCCCn1cccc1-n1cc(CCC)n(Cc2cc(-c3cccc(-c4nn[nH]n4)c3)ccn2)c1=O. The third-order valence-electron chi connectivity index (χ3n) is 6.31. The molecule has 1 N–H and O–H groups in total.